The Morgan fingerprint density at radius 1 is 0.314 bits per heavy atom. The molecule has 402 valence electrons. The van der Waals surface area contributed by atoms with Gasteiger partial charge in [-0.2, -0.15) is 4.98 Å². The van der Waals surface area contributed by atoms with Gasteiger partial charge in [-0.05, 0) is 132 Å². The first-order chi connectivity index (χ1) is 42.6. The van der Waals surface area contributed by atoms with Gasteiger partial charge >= 0.3 is 5.84 Å². The number of imidazole rings is 7. The van der Waals surface area contributed by atoms with Crippen LogP contribution >= 0.6 is 0 Å². The van der Waals surface area contributed by atoms with Gasteiger partial charge in [0.05, 0.1) is 77.8 Å². The Morgan fingerprint density at radius 2 is 0.884 bits per heavy atom. The van der Waals surface area contributed by atoms with E-state index in [-0.39, 0.29) is 0 Å². The van der Waals surface area contributed by atoms with Crippen LogP contribution in [0.15, 0.2) is 266 Å². The second-order valence-corrected chi connectivity index (χ2v) is 22.2. The molecule has 20 aromatic rings. The van der Waals surface area contributed by atoms with Gasteiger partial charge in [-0.15, -0.1) is 0 Å². The predicted octanol–water partition coefficient (Wildman–Crippen LogP) is 16.4. The van der Waals surface area contributed by atoms with E-state index < -0.39 is 0 Å². The molecule has 0 amide bonds. The molecule has 14 nitrogen and oxygen atoms in total. The molecule has 10 aromatic carbocycles. The summed E-state index contributed by atoms with van der Waals surface area (Å²) in [5, 5.41) is 4.67. The minimum atomic E-state index is 0.574. The highest BCUT2D eigenvalue weighted by Gasteiger charge is 2.23. The minimum absolute atomic E-state index is 0.574. The molecule has 86 heavy (non-hydrogen) atoms. The van der Waals surface area contributed by atoms with Crippen LogP contribution in [0.2, 0.25) is 0 Å². The van der Waals surface area contributed by atoms with Crippen molar-refractivity contribution < 1.29 is 4.42 Å². The summed E-state index contributed by atoms with van der Waals surface area (Å²) in [6.45, 7) is 0. The highest BCUT2D eigenvalue weighted by molar-refractivity contribution is 6.13. The van der Waals surface area contributed by atoms with Crippen molar-refractivity contribution in [3.8, 4) is 50.8 Å². The molecular formula is C72H43N13O. The molecule has 0 fully saturated rings. The molecule has 0 bridgehead atoms. The molecule has 0 aliphatic rings. The van der Waals surface area contributed by atoms with Crippen LogP contribution in [0.25, 0.3) is 162 Å². The van der Waals surface area contributed by atoms with Gasteiger partial charge < -0.3 is 13.6 Å². The van der Waals surface area contributed by atoms with E-state index in [0.717, 1.165) is 145 Å². The number of hydrogen-bond acceptors (Lipinski definition) is 5. The largest absolute Gasteiger partial charge is 0.432 e. The Balaban J connectivity index is 0.683. The Bertz CT molecular complexity index is 6250. The van der Waals surface area contributed by atoms with Gasteiger partial charge in [-0.25, -0.2) is 15.0 Å². The van der Waals surface area contributed by atoms with Gasteiger partial charge in [0, 0.05) is 81.4 Å². The van der Waals surface area contributed by atoms with E-state index in [1.165, 1.54) is 10.8 Å². The first kappa shape index (κ1) is 45.5. The summed E-state index contributed by atoms with van der Waals surface area (Å²) in [7, 11) is 0. The molecule has 0 saturated carbocycles. The normalized spacial score (nSPS) is 12.4. The fourth-order valence-corrected chi connectivity index (χ4v) is 13.8. The molecule has 0 N–H and O–H groups in total. The average molecular weight is 1110 g/mol. The SMILES string of the molecule is c1cc(-c2cccc(-n3ccn4c5cc(-n6cc(-c7ccc8c(c7)c7ccccc7n8-c7ccc8c(c7)c7ccccc7n8-c7cccc8c7nc7occn78)n7c8ccccc8nc67)ccc5nc34)c2)cc(-n2ccn3c4ccccc4nc23)c1. The van der Waals surface area contributed by atoms with Crippen molar-refractivity contribution in [2.75, 3.05) is 0 Å². The first-order valence-corrected chi connectivity index (χ1v) is 28.7. The zero-order chi connectivity index (χ0) is 55.9. The standard InChI is InChI=1S/C72H43N13O/c1-5-20-58-51(16-1)53-40-46(26-30-60(53)83(58)50-28-31-61-54(41-50)52-17-2-6-21-59(52)84(61)65-25-11-24-64-68(65)76-72-81(64)36-37-86-72)67-43-82(71-75-56-19-4-8-23-63(56)85(67)71)49-27-29-57-66(42-49)80-35-33-78(70(80)74-57)48-15-10-13-45(39-48)44-12-9-14-47(38-44)77-32-34-79-62-22-7-3-18-55(62)73-69(77)79/h1-43H. The zero-order valence-electron chi connectivity index (χ0n) is 45.5. The molecule has 0 unspecified atom stereocenters. The van der Waals surface area contributed by atoms with Crippen molar-refractivity contribution in [2.45, 2.75) is 0 Å². The van der Waals surface area contributed by atoms with E-state index in [1.54, 1.807) is 6.26 Å². The maximum atomic E-state index is 5.75. The minimum Gasteiger partial charge on any atom is -0.432 e. The van der Waals surface area contributed by atoms with Crippen molar-refractivity contribution in [3.05, 3.63) is 262 Å². The van der Waals surface area contributed by atoms with Crippen LogP contribution in [0.1, 0.15) is 0 Å². The molecule has 10 aromatic heterocycles. The molecule has 0 aliphatic carbocycles. The smallest absolute Gasteiger partial charge is 0.306 e. The van der Waals surface area contributed by atoms with E-state index in [4.69, 9.17) is 24.4 Å². The zero-order valence-corrected chi connectivity index (χ0v) is 45.5. The fourth-order valence-electron chi connectivity index (χ4n) is 13.8. The third-order valence-electron chi connectivity index (χ3n) is 17.7. The molecule has 14 heteroatoms. The summed E-state index contributed by atoms with van der Waals surface area (Å²) in [4.78, 5) is 20.5. The number of rotatable bonds is 7. The maximum absolute atomic E-state index is 5.75. The Kier molecular flexibility index (Phi) is 8.85. The maximum Gasteiger partial charge on any atom is 0.306 e. The molecule has 10 heterocycles. The third-order valence-corrected chi connectivity index (χ3v) is 17.7. The van der Waals surface area contributed by atoms with Crippen LogP contribution in [0.4, 0.5) is 0 Å². The molecule has 0 atom stereocenters. The van der Waals surface area contributed by atoms with Crippen LogP contribution < -0.4 is 0 Å². The van der Waals surface area contributed by atoms with Crippen molar-refractivity contribution in [2.24, 2.45) is 0 Å². The van der Waals surface area contributed by atoms with Crippen LogP contribution in [0.5, 0.6) is 0 Å². The molecule has 0 aliphatic heterocycles. The number of hydrogen-bond donors (Lipinski definition) is 0. The van der Waals surface area contributed by atoms with Gasteiger partial charge in [0.25, 0.3) is 0 Å². The van der Waals surface area contributed by atoms with E-state index in [9.17, 15) is 0 Å². The van der Waals surface area contributed by atoms with Crippen LogP contribution in [0.3, 0.4) is 0 Å². The lowest BCUT2D eigenvalue weighted by Crippen LogP contribution is -1.97. The molecule has 0 radical (unpaired) electrons. The van der Waals surface area contributed by atoms with Crippen LogP contribution in [0, 0.1) is 0 Å². The summed E-state index contributed by atoms with van der Waals surface area (Å²) < 4.78 is 25.7. The number of benzene rings is 10. The van der Waals surface area contributed by atoms with Crippen molar-refractivity contribution in [3.63, 3.8) is 0 Å². The lowest BCUT2D eigenvalue weighted by molar-refractivity contribution is 0.597. The average Bonchev–Trinajstić information content (AvgIpc) is 1.98. The molecular weight excluding hydrogens is 1060 g/mol. The fraction of sp³-hybridized carbons (Fsp3) is 0. The van der Waals surface area contributed by atoms with Crippen molar-refractivity contribution in [1.29, 1.82) is 0 Å². The summed E-state index contributed by atoms with van der Waals surface area (Å²) >= 11 is 0. The summed E-state index contributed by atoms with van der Waals surface area (Å²) in [5.74, 6) is 3.11. The summed E-state index contributed by atoms with van der Waals surface area (Å²) in [6.07, 6.45) is 14.2. The van der Waals surface area contributed by atoms with Crippen LogP contribution in [-0.4, -0.2) is 60.4 Å². The van der Waals surface area contributed by atoms with E-state index in [0.29, 0.717) is 5.84 Å². The summed E-state index contributed by atoms with van der Waals surface area (Å²) in [5.41, 5.74) is 21.7. The second-order valence-electron chi connectivity index (χ2n) is 22.2. The van der Waals surface area contributed by atoms with Gasteiger partial charge in [-0.3, -0.25) is 31.3 Å². The Morgan fingerprint density at radius 3 is 1.65 bits per heavy atom. The predicted molar refractivity (Wildman–Crippen MR) is 341 cm³/mol. The lowest BCUT2D eigenvalue weighted by atomic mass is 10.0. The highest BCUT2D eigenvalue weighted by atomic mass is 16.3. The molecule has 0 saturated heterocycles. The third kappa shape index (κ3) is 6.22. The van der Waals surface area contributed by atoms with E-state index >= 15 is 0 Å². The number of aromatic nitrogens is 13. The second kappa shape index (κ2) is 16.7. The van der Waals surface area contributed by atoms with Gasteiger partial charge in [0.2, 0.25) is 17.3 Å². The number of nitrogens with zero attached hydrogens (tertiary/aromatic N) is 13. The first-order valence-electron chi connectivity index (χ1n) is 28.7. The summed E-state index contributed by atoms with van der Waals surface area (Å²) in [6, 6.07) is 78.0. The molecule has 0 spiro atoms. The quantitative estimate of drug-likeness (QED) is 0.158. The number of oxazole rings is 1. The van der Waals surface area contributed by atoms with Crippen molar-refractivity contribution >= 4 is 111 Å². The highest BCUT2D eigenvalue weighted by Crippen LogP contribution is 2.41. The number of para-hydroxylation sites is 7. The van der Waals surface area contributed by atoms with Crippen molar-refractivity contribution in [1.82, 2.24) is 60.4 Å². The van der Waals surface area contributed by atoms with Gasteiger partial charge in [-0.1, -0.05) is 97.1 Å². The topological polar surface area (TPSA) is 107 Å². The van der Waals surface area contributed by atoms with E-state index in [1.807, 2.05) is 16.7 Å². The Hall–Kier alpha value is -12.2. The number of fused-ring (bicyclic) bond motifs is 18. The van der Waals surface area contributed by atoms with Gasteiger partial charge in [0.1, 0.15) is 11.8 Å². The van der Waals surface area contributed by atoms with Crippen LogP contribution in [-0.2, 0) is 0 Å². The van der Waals surface area contributed by atoms with Gasteiger partial charge in [0.15, 0.2) is 0 Å². The Labute approximate surface area is 486 Å². The van der Waals surface area contributed by atoms with E-state index in [2.05, 4.69) is 279 Å². The molecule has 20 rings (SSSR count). The lowest BCUT2D eigenvalue weighted by Gasteiger charge is -2.11. The monoisotopic (exact) mass is 1110 g/mol.